The van der Waals surface area contributed by atoms with Crippen molar-refractivity contribution in [2.45, 2.75) is 6.92 Å². The number of rotatable bonds is 4. The van der Waals surface area contributed by atoms with Crippen molar-refractivity contribution in [3.05, 3.63) is 52.7 Å². The molecule has 10 heteroatoms. The average molecular weight is 367 g/mol. The van der Waals surface area contributed by atoms with Gasteiger partial charge < -0.3 is 4.74 Å². The van der Waals surface area contributed by atoms with Gasteiger partial charge in [-0.3, -0.25) is 4.79 Å². The van der Waals surface area contributed by atoms with Gasteiger partial charge in [-0.15, -0.1) is 0 Å². The Balaban J connectivity index is 2.36. The van der Waals surface area contributed by atoms with Crippen LogP contribution in [0.5, 0.6) is 11.6 Å². The van der Waals surface area contributed by atoms with Crippen molar-refractivity contribution in [3.63, 3.8) is 0 Å². The third-order valence-electron chi connectivity index (χ3n) is 2.82. The lowest BCUT2D eigenvalue weighted by molar-refractivity contribution is 0.0977. The van der Waals surface area contributed by atoms with Gasteiger partial charge in [0.1, 0.15) is 17.6 Å². The van der Waals surface area contributed by atoms with Crippen molar-refractivity contribution < 1.29 is 26.7 Å². The quantitative estimate of drug-likeness (QED) is 0.885. The molecule has 130 valence electrons. The Morgan fingerprint density at radius 3 is 2.52 bits per heavy atom. The van der Waals surface area contributed by atoms with Gasteiger partial charge in [-0.25, -0.2) is 26.9 Å². The monoisotopic (exact) mass is 367 g/mol. The van der Waals surface area contributed by atoms with Crippen LogP contribution in [0.4, 0.5) is 8.78 Å². The van der Waals surface area contributed by atoms with Crippen LogP contribution in [0.25, 0.3) is 0 Å². The molecule has 0 aliphatic rings. The Morgan fingerprint density at radius 2 is 1.92 bits per heavy atom. The number of nitriles is 1. The third-order valence-corrected chi connectivity index (χ3v) is 3.38. The van der Waals surface area contributed by atoms with Gasteiger partial charge in [-0.1, -0.05) is 0 Å². The van der Waals surface area contributed by atoms with E-state index in [2.05, 4.69) is 4.98 Å². The van der Waals surface area contributed by atoms with E-state index in [0.29, 0.717) is 24.0 Å². The van der Waals surface area contributed by atoms with Crippen LogP contribution in [0.1, 0.15) is 21.6 Å². The molecule has 1 aromatic carbocycles. The van der Waals surface area contributed by atoms with Crippen molar-refractivity contribution in [1.29, 1.82) is 5.26 Å². The topological polar surface area (TPSA) is 109 Å². The first-order valence-corrected chi connectivity index (χ1v) is 8.56. The second-order valence-electron chi connectivity index (χ2n) is 5.05. The van der Waals surface area contributed by atoms with Crippen LogP contribution in [0.15, 0.2) is 24.3 Å². The number of nitrogens with zero attached hydrogens (tertiary/aromatic N) is 2. The molecule has 2 rings (SSSR count). The number of aryl methyl sites for hydroxylation is 1. The fourth-order valence-corrected chi connectivity index (χ4v) is 2.31. The summed E-state index contributed by atoms with van der Waals surface area (Å²) in [4.78, 5) is 15.4. The fraction of sp³-hybridized carbons (Fsp3) is 0.133. The largest absolute Gasteiger partial charge is 0.436 e. The molecule has 0 spiro atoms. The van der Waals surface area contributed by atoms with Crippen LogP contribution in [-0.2, 0) is 10.0 Å². The molecule has 0 radical (unpaired) electrons. The highest BCUT2D eigenvalue weighted by molar-refractivity contribution is 7.89. The minimum atomic E-state index is -3.93. The molecule has 0 aliphatic heterocycles. The number of carbonyl (C=O) groups excluding carboxylic acids is 1. The van der Waals surface area contributed by atoms with Gasteiger partial charge in [0.15, 0.2) is 11.6 Å². The summed E-state index contributed by atoms with van der Waals surface area (Å²) in [6.07, 6.45) is 0.701. The molecule has 0 saturated heterocycles. The number of aromatic nitrogens is 1. The third kappa shape index (κ3) is 4.71. The van der Waals surface area contributed by atoms with E-state index in [1.807, 2.05) is 0 Å². The minimum absolute atomic E-state index is 0.0278. The van der Waals surface area contributed by atoms with E-state index in [9.17, 15) is 22.0 Å². The molecule has 1 aromatic heterocycles. The molecule has 2 aromatic rings. The van der Waals surface area contributed by atoms with E-state index in [1.54, 1.807) is 13.0 Å². The Morgan fingerprint density at radius 1 is 1.24 bits per heavy atom. The number of nitrogens with one attached hydrogen (secondary N) is 1. The van der Waals surface area contributed by atoms with Gasteiger partial charge in [0.2, 0.25) is 15.9 Å². The number of ether oxygens (including phenoxy) is 1. The molecule has 0 bridgehead atoms. The highest BCUT2D eigenvalue weighted by Crippen LogP contribution is 2.27. The minimum Gasteiger partial charge on any atom is -0.436 e. The first-order chi connectivity index (χ1) is 11.6. The van der Waals surface area contributed by atoms with Crippen molar-refractivity contribution >= 4 is 15.9 Å². The van der Waals surface area contributed by atoms with Crippen LogP contribution in [0, 0.1) is 29.9 Å². The molecule has 25 heavy (non-hydrogen) atoms. The zero-order valence-electron chi connectivity index (χ0n) is 13.0. The van der Waals surface area contributed by atoms with Gasteiger partial charge in [0.05, 0.1) is 11.8 Å². The first-order valence-electron chi connectivity index (χ1n) is 6.67. The molecule has 0 unspecified atom stereocenters. The predicted octanol–water partition coefficient (Wildman–Crippen LogP) is 2.02. The fourth-order valence-electron chi connectivity index (χ4n) is 1.86. The SMILES string of the molecule is Cc1cc(C#N)nc(Oc2cc(F)c(C(=O)NS(C)(=O)=O)cc2F)c1. The molecule has 7 nitrogen and oxygen atoms in total. The van der Waals surface area contributed by atoms with Gasteiger partial charge in [-0.05, 0) is 24.6 Å². The van der Waals surface area contributed by atoms with Crippen molar-refractivity contribution in [1.82, 2.24) is 9.71 Å². The van der Waals surface area contributed by atoms with Gasteiger partial charge in [0, 0.05) is 12.1 Å². The number of carbonyl (C=O) groups is 1. The van der Waals surface area contributed by atoms with Gasteiger partial charge in [0.25, 0.3) is 5.91 Å². The van der Waals surface area contributed by atoms with E-state index in [4.69, 9.17) is 10.00 Å². The molecule has 0 fully saturated rings. The summed E-state index contributed by atoms with van der Waals surface area (Å²) < 4.78 is 56.7. The Bertz CT molecular complexity index is 1000. The number of hydrogen-bond donors (Lipinski definition) is 1. The van der Waals surface area contributed by atoms with E-state index in [1.165, 1.54) is 16.9 Å². The lowest BCUT2D eigenvalue weighted by Crippen LogP contribution is -2.30. The van der Waals surface area contributed by atoms with E-state index < -0.39 is 38.9 Å². The molecular formula is C15H11F2N3O4S. The molecule has 0 saturated carbocycles. The first kappa shape index (κ1) is 18.3. The number of amides is 1. The number of hydrogen-bond acceptors (Lipinski definition) is 6. The zero-order valence-corrected chi connectivity index (χ0v) is 13.8. The van der Waals surface area contributed by atoms with Crippen molar-refractivity contribution in [3.8, 4) is 17.7 Å². The van der Waals surface area contributed by atoms with Crippen LogP contribution >= 0.6 is 0 Å². The van der Waals surface area contributed by atoms with Crippen LogP contribution in [0.2, 0.25) is 0 Å². The maximum atomic E-state index is 14.1. The average Bonchev–Trinajstić information content (AvgIpc) is 2.48. The Hall–Kier alpha value is -3.06. The normalized spacial score (nSPS) is 10.8. The summed E-state index contributed by atoms with van der Waals surface area (Å²) >= 11 is 0. The maximum Gasteiger partial charge on any atom is 0.267 e. The summed E-state index contributed by atoms with van der Waals surface area (Å²) in [5.74, 6) is -4.32. The van der Waals surface area contributed by atoms with Crippen LogP contribution in [0.3, 0.4) is 0 Å². The summed E-state index contributed by atoms with van der Waals surface area (Å²) in [7, 11) is -3.93. The van der Waals surface area contributed by atoms with E-state index in [-0.39, 0.29) is 11.6 Å². The number of benzene rings is 1. The zero-order chi connectivity index (χ0) is 18.8. The molecular weight excluding hydrogens is 356 g/mol. The number of halogens is 2. The molecule has 0 atom stereocenters. The predicted molar refractivity (Wildman–Crippen MR) is 82.4 cm³/mol. The van der Waals surface area contributed by atoms with Crippen LogP contribution < -0.4 is 9.46 Å². The lowest BCUT2D eigenvalue weighted by atomic mass is 10.2. The standard InChI is InChI=1S/C15H11F2N3O4S/c1-8-3-9(7-18)19-14(4-8)24-13-6-11(16)10(5-12(13)17)15(21)20-25(2,22)23/h3-6H,1-2H3,(H,20,21). The summed E-state index contributed by atoms with van der Waals surface area (Å²) in [5, 5.41) is 8.85. The van der Waals surface area contributed by atoms with Gasteiger partial charge in [-0.2, -0.15) is 5.26 Å². The molecule has 1 amide bonds. The van der Waals surface area contributed by atoms with E-state index >= 15 is 0 Å². The summed E-state index contributed by atoms with van der Waals surface area (Å²) in [6, 6.07) is 5.77. The summed E-state index contributed by atoms with van der Waals surface area (Å²) in [5.41, 5.74) is -0.156. The lowest BCUT2D eigenvalue weighted by Gasteiger charge is -2.09. The highest BCUT2D eigenvalue weighted by Gasteiger charge is 2.20. The smallest absolute Gasteiger partial charge is 0.267 e. The van der Waals surface area contributed by atoms with E-state index in [0.717, 1.165) is 0 Å². The number of pyridine rings is 1. The Kier molecular flexibility index (Phi) is 4.99. The summed E-state index contributed by atoms with van der Waals surface area (Å²) in [6.45, 7) is 1.66. The molecule has 1 heterocycles. The second kappa shape index (κ2) is 6.82. The van der Waals surface area contributed by atoms with Gasteiger partial charge >= 0.3 is 0 Å². The molecule has 0 aliphatic carbocycles. The van der Waals surface area contributed by atoms with Crippen molar-refractivity contribution in [2.75, 3.05) is 6.26 Å². The highest BCUT2D eigenvalue weighted by atomic mass is 32.2. The second-order valence-corrected chi connectivity index (χ2v) is 6.80. The van der Waals surface area contributed by atoms with Crippen LogP contribution in [-0.4, -0.2) is 25.6 Å². The molecule has 1 N–H and O–H groups in total. The maximum absolute atomic E-state index is 14.1. The Labute approximate surface area is 141 Å². The van der Waals surface area contributed by atoms with Crippen molar-refractivity contribution in [2.24, 2.45) is 0 Å². The number of sulfonamides is 1.